The molecule has 2 aromatic rings. The standard InChI is InChI=1S/C13H7ClF2O/c14-9-4-5-12(16)11(7-9)13(17)8-2-1-3-10(15)6-8/h1-7H. The van der Waals surface area contributed by atoms with Crippen LogP contribution in [0.5, 0.6) is 0 Å². The molecular weight excluding hydrogens is 246 g/mol. The van der Waals surface area contributed by atoms with Crippen LogP contribution in [-0.4, -0.2) is 5.78 Å². The second-order valence-corrected chi connectivity index (χ2v) is 3.90. The van der Waals surface area contributed by atoms with Gasteiger partial charge in [0, 0.05) is 10.6 Å². The quantitative estimate of drug-likeness (QED) is 0.742. The number of hydrogen-bond donors (Lipinski definition) is 0. The van der Waals surface area contributed by atoms with Gasteiger partial charge >= 0.3 is 0 Å². The predicted octanol–water partition coefficient (Wildman–Crippen LogP) is 3.85. The molecule has 0 bridgehead atoms. The average molecular weight is 253 g/mol. The summed E-state index contributed by atoms with van der Waals surface area (Å²) in [6.07, 6.45) is 0. The van der Waals surface area contributed by atoms with Crippen molar-refractivity contribution in [1.29, 1.82) is 0 Å². The molecule has 0 aliphatic rings. The van der Waals surface area contributed by atoms with E-state index in [2.05, 4.69) is 0 Å². The minimum atomic E-state index is -0.677. The number of carbonyl (C=O) groups excluding carboxylic acids is 1. The molecule has 0 amide bonds. The van der Waals surface area contributed by atoms with Crippen molar-refractivity contribution in [1.82, 2.24) is 0 Å². The molecular formula is C13H7ClF2O. The van der Waals surface area contributed by atoms with E-state index in [9.17, 15) is 13.6 Å². The van der Waals surface area contributed by atoms with Crippen LogP contribution in [0.15, 0.2) is 42.5 Å². The Morgan fingerprint density at radius 3 is 2.53 bits per heavy atom. The summed E-state index contributed by atoms with van der Waals surface area (Å²) < 4.78 is 26.4. The number of hydrogen-bond acceptors (Lipinski definition) is 1. The molecule has 86 valence electrons. The average Bonchev–Trinajstić information content (AvgIpc) is 2.31. The second kappa shape index (κ2) is 4.63. The van der Waals surface area contributed by atoms with Gasteiger partial charge in [0.25, 0.3) is 0 Å². The van der Waals surface area contributed by atoms with Gasteiger partial charge in [0.2, 0.25) is 0 Å². The largest absolute Gasteiger partial charge is 0.288 e. The highest BCUT2D eigenvalue weighted by Crippen LogP contribution is 2.18. The lowest BCUT2D eigenvalue weighted by atomic mass is 10.0. The van der Waals surface area contributed by atoms with Gasteiger partial charge in [-0.25, -0.2) is 8.78 Å². The molecule has 0 heterocycles. The molecule has 0 atom stereocenters. The fourth-order valence-electron chi connectivity index (χ4n) is 1.46. The van der Waals surface area contributed by atoms with Gasteiger partial charge in [0.05, 0.1) is 5.56 Å². The highest BCUT2D eigenvalue weighted by Gasteiger charge is 2.14. The van der Waals surface area contributed by atoms with Crippen molar-refractivity contribution in [3.63, 3.8) is 0 Å². The van der Waals surface area contributed by atoms with Gasteiger partial charge in [-0.1, -0.05) is 23.7 Å². The molecule has 0 saturated carbocycles. The summed E-state index contributed by atoms with van der Waals surface area (Å²) in [5.41, 5.74) is -0.0748. The van der Waals surface area contributed by atoms with Crippen molar-refractivity contribution in [2.24, 2.45) is 0 Å². The molecule has 1 nitrogen and oxygen atoms in total. The van der Waals surface area contributed by atoms with Gasteiger partial charge in [-0.05, 0) is 30.3 Å². The van der Waals surface area contributed by atoms with Crippen LogP contribution in [0, 0.1) is 11.6 Å². The van der Waals surface area contributed by atoms with E-state index in [1.165, 1.54) is 30.3 Å². The van der Waals surface area contributed by atoms with Gasteiger partial charge in [-0.2, -0.15) is 0 Å². The van der Waals surface area contributed by atoms with Gasteiger partial charge in [0.1, 0.15) is 11.6 Å². The third-order valence-electron chi connectivity index (χ3n) is 2.26. The topological polar surface area (TPSA) is 17.1 Å². The molecule has 0 spiro atoms. The molecule has 0 aliphatic carbocycles. The second-order valence-electron chi connectivity index (χ2n) is 3.46. The van der Waals surface area contributed by atoms with Crippen molar-refractivity contribution < 1.29 is 13.6 Å². The fourth-order valence-corrected chi connectivity index (χ4v) is 1.63. The van der Waals surface area contributed by atoms with E-state index in [1.807, 2.05) is 0 Å². The number of halogens is 3. The van der Waals surface area contributed by atoms with Gasteiger partial charge in [-0.15, -0.1) is 0 Å². The van der Waals surface area contributed by atoms with Crippen LogP contribution in [0.1, 0.15) is 15.9 Å². The van der Waals surface area contributed by atoms with E-state index in [0.717, 1.165) is 12.1 Å². The summed E-state index contributed by atoms with van der Waals surface area (Å²) in [5, 5.41) is 0.256. The van der Waals surface area contributed by atoms with Crippen LogP contribution >= 0.6 is 11.6 Å². The van der Waals surface area contributed by atoms with E-state index in [1.54, 1.807) is 0 Å². The van der Waals surface area contributed by atoms with E-state index < -0.39 is 17.4 Å². The first-order valence-electron chi connectivity index (χ1n) is 4.83. The van der Waals surface area contributed by atoms with Crippen LogP contribution in [0.3, 0.4) is 0 Å². The van der Waals surface area contributed by atoms with Crippen LogP contribution < -0.4 is 0 Å². The third-order valence-corrected chi connectivity index (χ3v) is 2.49. The molecule has 0 saturated heterocycles. The van der Waals surface area contributed by atoms with Crippen molar-refractivity contribution in [2.45, 2.75) is 0 Å². The molecule has 0 radical (unpaired) electrons. The maximum absolute atomic E-state index is 13.4. The Morgan fingerprint density at radius 1 is 1.06 bits per heavy atom. The summed E-state index contributed by atoms with van der Waals surface area (Å²) in [4.78, 5) is 11.9. The first-order valence-corrected chi connectivity index (χ1v) is 5.21. The summed E-state index contributed by atoms with van der Waals surface area (Å²) >= 11 is 5.69. The molecule has 0 aromatic heterocycles. The zero-order valence-electron chi connectivity index (χ0n) is 8.58. The molecule has 17 heavy (non-hydrogen) atoms. The highest BCUT2D eigenvalue weighted by atomic mass is 35.5. The summed E-state index contributed by atoms with van der Waals surface area (Å²) in [7, 11) is 0. The van der Waals surface area contributed by atoms with Crippen LogP contribution in [0.2, 0.25) is 5.02 Å². The molecule has 0 fully saturated rings. The van der Waals surface area contributed by atoms with E-state index in [4.69, 9.17) is 11.6 Å². The monoisotopic (exact) mass is 252 g/mol. The third kappa shape index (κ3) is 2.50. The normalized spacial score (nSPS) is 10.3. The first kappa shape index (κ1) is 11.7. The van der Waals surface area contributed by atoms with E-state index >= 15 is 0 Å². The molecule has 0 aliphatic heterocycles. The van der Waals surface area contributed by atoms with Crippen molar-refractivity contribution in [3.8, 4) is 0 Å². The summed E-state index contributed by atoms with van der Waals surface area (Å²) in [6, 6.07) is 8.77. The number of rotatable bonds is 2. The van der Waals surface area contributed by atoms with Gasteiger partial charge < -0.3 is 0 Å². The smallest absolute Gasteiger partial charge is 0.196 e. The Hall–Kier alpha value is -1.74. The van der Waals surface area contributed by atoms with Crippen molar-refractivity contribution >= 4 is 17.4 Å². The SMILES string of the molecule is O=C(c1cccc(F)c1)c1cc(Cl)ccc1F. The Bertz CT molecular complexity index is 581. The lowest BCUT2D eigenvalue weighted by molar-refractivity contribution is 0.103. The minimum absolute atomic E-state index is 0.0890. The Labute approximate surface area is 102 Å². The summed E-state index contributed by atoms with van der Waals surface area (Å²) in [6.45, 7) is 0. The minimum Gasteiger partial charge on any atom is -0.288 e. The van der Waals surface area contributed by atoms with Gasteiger partial charge in [-0.3, -0.25) is 4.79 Å². The highest BCUT2D eigenvalue weighted by molar-refractivity contribution is 6.31. The number of ketones is 1. The molecule has 4 heteroatoms. The van der Waals surface area contributed by atoms with Gasteiger partial charge in [0.15, 0.2) is 5.78 Å². The van der Waals surface area contributed by atoms with Crippen LogP contribution in [0.25, 0.3) is 0 Å². The number of benzene rings is 2. The predicted molar refractivity (Wildman–Crippen MR) is 61.2 cm³/mol. The van der Waals surface area contributed by atoms with Crippen molar-refractivity contribution in [3.05, 3.63) is 70.2 Å². The lowest BCUT2D eigenvalue weighted by Gasteiger charge is -2.03. The first-order chi connectivity index (χ1) is 8.08. The molecule has 2 aromatic carbocycles. The number of carbonyl (C=O) groups is 1. The Kier molecular flexibility index (Phi) is 3.20. The summed E-state index contributed by atoms with van der Waals surface area (Å²) in [5.74, 6) is -1.81. The van der Waals surface area contributed by atoms with E-state index in [-0.39, 0.29) is 16.1 Å². The maximum Gasteiger partial charge on any atom is 0.196 e. The van der Waals surface area contributed by atoms with E-state index in [0.29, 0.717) is 0 Å². The fraction of sp³-hybridized carbons (Fsp3) is 0. The van der Waals surface area contributed by atoms with Crippen LogP contribution in [-0.2, 0) is 0 Å². The lowest BCUT2D eigenvalue weighted by Crippen LogP contribution is -2.04. The maximum atomic E-state index is 13.4. The Balaban J connectivity index is 2.47. The Morgan fingerprint density at radius 2 is 1.82 bits per heavy atom. The zero-order chi connectivity index (χ0) is 12.4. The van der Waals surface area contributed by atoms with Crippen LogP contribution in [0.4, 0.5) is 8.78 Å². The molecule has 0 unspecified atom stereocenters. The zero-order valence-corrected chi connectivity index (χ0v) is 9.34. The van der Waals surface area contributed by atoms with Crippen molar-refractivity contribution in [2.75, 3.05) is 0 Å². The molecule has 0 N–H and O–H groups in total. The molecule has 2 rings (SSSR count).